The summed E-state index contributed by atoms with van der Waals surface area (Å²) in [5, 5.41) is 12.9. The number of carbonyl (C=O) groups excluding carboxylic acids is 1. The van der Waals surface area contributed by atoms with E-state index in [1.165, 1.54) is 0 Å². The lowest BCUT2D eigenvalue weighted by Gasteiger charge is -2.17. The molecule has 27 heavy (non-hydrogen) atoms. The van der Waals surface area contributed by atoms with Gasteiger partial charge in [-0.15, -0.1) is 0 Å². The molecule has 2 aromatic rings. The van der Waals surface area contributed by atoms with Crippen LogP contribution in [-0.2, 0) is 12.8 Å². The Morgan fingerprint density at radius 2 is 2.15 bits per heavy atom. The number of benzene rings is 1. The molecule has 0 saturated heterocycles. The van der Waals surface area contributed by atoms with Crippen LogP contribution in [-0.4, -0.2) is 41.9 Å². The highest BCUT2D eigenvalue weighted by atomic mass is 16.5. The molecular weight excluding hydrogens is 344 g/mol. The monoisotopic (exact) mass is 368 g/mol. The molecular formula is C21H24N2O4. The molecule has 0 radical (unpaired) electrons. The van der Waals surface area contributed by atoms with E-state index < -0.39 is 6.10 Å². The molecule has 4 rings (SSSR count). The standard InChI is InChI=1S/C21H24N2O4/c1-26-15-7-5-13(6-8-15)11-14-12-18(22-17-9-10-27-20(14)17)21(25)23-16-3-2-4-19(16)24/h5-8,12,16,19,24H,2-4,9-11H2,1H3,(H,23,25)/t16-,19-/m0/s1. The molecule has 1 aromatic carbocycles. The van der Waals surface area contributed by atoms with Crippen LogP contribution in [0.3, 0.4) is 0 Å². The molecule has 6 heteroatoms. The van der Waals surface area contributed by atoms with Crippen molar-refractivity contribution in [2.45, 2.75) is 44.2 Å². The smallest absolute Gasteiger partial charge is 0.270 e. The fourth-order valence-corrected chi connectivity index (χ4v) is 3.80. The van der Waals surface area contributed by atoms with Crippen molar-refractivity contribution in [3.8, 4) is 11.5 Å². The number of methoxy groups -OCH3 is 1. The lowest BCUT2D eigenvalue weighted by Crippen LogP contribution is -2.40. The number of aliphatic hydroxyl groups is 1. The maximum absolute atomic E-state index is 12.7. The average Bonchev–Trinajstić information content (AvgIpc) is 3.31. The Labute approximate surface area is 158 Å². The maximum Gasteiger partial charge on any atom is 0.270 e. The Morgan fingerprint density at radius 3 is 2.85 bits per heavy atom. The Balaban J connectivity index is 1.58. The minimum atomic E-state index is -0.467. The Morgan fingerprint density at radius 1 is 1.33 bits per heavy atom. The largest absolute Gasteiger partial charge is 0.497 e. The van der Waals surface area contributed by atoms with Gasteiger partial charge in [-0.05, 0) is 43.0 Å². The molecule has 0 unspecified atom stereocenters. The van der Waals surface area contributed by atoms with Gasteiger partial charge in [0.2, 0.25) is 0 Å². The van der Waals surface area contributed by atoms with Gasteiger partial charge in [0.15, 0.2) is 0 Å². The van der Waals surface area contributed by atoms with Crippen molar-refractivity contribution < 1.29 is 19.4 Å². The predicted octanol–water partition coefficient (Wildman–Crippen LogP) is 2.26. The number of ether oxygens (including phenoxy) is 2. The summed E-state index contributed by atoms with van der Waals surface area (Å²) in [4.78, 5) is 17.2. The zero-order valence-corrected chi connectivity index (χ0v) is 15.4. The van der Waals surface area contributed by atoms with E-state index in [-0.39, 0.29) is 11.9 Å². The summed E-state index contributed by atoms with van der Waals surface area (Å²) in [7, 11) is 1.64. The Hall–Kier alpha value is -2.60. The number of rotatable bonds is 5. The Kier molecular flexibility index (Phi) is 4.99. The summed E-state index contributed by atoms with van der Waals surface area (Å²) in [5.74, 6) is 1.38. The van der Waals surface area contributed by atoms with Gasteiger partial charge in [-0.3, -0.25) is 4.79 Å². The molecule has 2 heterocycles. The molecule has 142 valence electrons. The number of carbonyl (C=O) groups is 1. The minimum absolute atomic E-state index is 0.186. The van der Waals surface area contributed by atoms with E-state index in [9.17, 15) is 9.90 Å². The molecule has 1 saturated carbocycles. The van der Waals surface area contributed by atoms with E-state index in [0.717, 1.165) is 47.6 Å². The molecule has 1 aliphatic heterocycles. The van der Waals surface area contributed by atoms with Gasteiger partial charge in [-0.25, -0.2) is 4.98 Å². The SMILES string of the molecule is COc1ccc(Cc2cc(C(=O)N[C@H]3CCC[C@@H]3O)nc3c2OCC3)cc1. The second-order valence-electron chi connectivity index (χ2n) is 7.14. The number of hydrogen-bond acceptors (Lipinski definition) is 5. The topological polar surface area (TPSA) is 80.7 Å². The van der Waals surface area contributed by atoms with Crippen LogP contribution in [0, 0.1) is 0 Å². The summed E-state index contributed by atoms with van der Waals surface area (Å²) in [6.45, 7) is 0.588. The average molecular weight is 368 g/mol. The highest BCUT2D eigenvalue weighted by molar-refractivity contribution is 5.93. The van der Waals surface area contributed by atoms with Gasteiger partial charge >= 0.3 is 0 Å². The van der Waals surface area contributed by atoms with Crippen LogP contribution in [0.1, 0.15) is 46.6 Å². The summed E-state index contributed by atoms with van der Waals surface area (Å²) in [6, 6.07) is 9.49. The summed E-state index contributed by atoms with van der Waals surface area (Å²) in [6.07, 6.45) is 3.36. The first kappa shape index (κ1) is 17.8. The van der Waals surface area contributed by atoms with E-state index in [2.05, 4.69) is 10.3 Å². The summed E-state index contributed by atoms with van der Waals surface area (Å²) < 4.78 is 11.0. The van der Waals surface area contributed by atoms with Crippen LogP contribution in [0.2, 0.25) is 0 Å². The van der Waals surface area contributed by atoms with Crippen molar-refractivity contribution >= 4 is 5.91 Å². The number of pyridine rings is 1. The van der Waals surface area contributed by atoms with E-state index in [1.54, 1.807) is 7.11 Å². The molecule has 2 atom stereocenters. The number of fused-ring (bicyclic) bond motifs is 1. The van der Waals surface area contributed by atoms with Crippen LogP contribution in [0.5, 0.6) is 11.5 Å². The van der Waals surface area contributed by atoms with Gasteiger partial charge in [0.05, 0.1) is 31.6 Å². The van der Waals surface area contributed by atoms with Crippen molar-refractivity contribution in [2.75, 3.05) is 13.7 Å². The number of nitrogens with zero attached hydrogens (tertiary/aromatic N) is 1. The number of hydrogen-bond donors (Lipinski definition) is 2. The minimum Gasteiger partial charge on any atom is -0.497 e. The molecule has 2 aliphatic rings. The van der Waals surface area contributed by atoms with Gasteiger partial charge in [0, 0.05) is 18.4 Å². The molecule has 1 fully saturated rings. The highest BCUT2D eigenvalue weighted by Gasteiger charge is 2.28. The normalized spacial score (nSPS) is 20.8. The second-order valence-corrected chi connectivity index (χ2v) is 7.14. The first-order valence-electron chi connectivity index (χ1n) is 9.41. The lowest BCUT2D eigenvalue weighted by atomic mass is 10.0. The molecule has 1 amide bonds. The zero-order chi connectivity index (χ0) is 18.8. The van der Waals surface area contributed by atoms with Crippen molar-refractivity contribution in [1.82, 2.24) is 10.3 Å². The van der Waals surface area contributed by atoms with Gasteiger partial charge < -0.3 is 19.9 Å². The van der Waals surface area contributed by atoms with Crippen molar-refractivity contribution in [2.24, 2.45) is 0 Å². The van der Waals surface area contributed by atoms with Crippen LogP contribution in [0.25, 0.3) is 0 Å². The number of aromatic nitrogens is 1. The molecule has 6 nitrogen and oxygen atoms in total. The fourth-order valence-electron chi connectivity index (χ4n) is 3.80. The fraction of sp³-hybridized carbons (Fsp3) is 0.429. The van der Waals surface area contributed by atoms with Crippen LogP contribution < -0.4 is 14.8 Å². The zero-order valence-electron chi connectivity index (χ0n) is 15.4. The third kappa shape index (κ3) is 3.76. The van der Waals surface area contributed by atoms with Gasteiger partial charge in [0.25, 0.3) is 5.91 Å². The predicted molar refractivity (Wildman–Crippen MR) is 100 cm³/mol. The lowest BCUT2D eigenvalue weighted by molar-refractivity contribution is 0.0868. The third-order valence-corrected chi connectivity index (χ3v) is 5.29. The first-order valence-corrected chi connectivity index (χ1v) is 9.41. The molecule has 0 spiro atoms. The van der Waals surface area contributed by atoms with E-state index in [4.69, 9.17) is 9.47 Å². The molecule has 2 N–H and O–H groups in total. The van der Waals surface area contributed by atoms with Crippen molar-refractivity contribution in [3.05, 3.63) is 52.8 Å². The van der Waals surface area contributed by atoms with Crippen LogP contribution >= 0.6 is 0 Å². The van der Waals surface area contributed by atoms with Gasteiger partial charge in [-0.1, -0.05) is 12.1 Å². The summed E-state index contributed by atoms with van der Waals surface area (Å²) in [5.41, 5.74) is 3.29. The van der Waals surface area contributed by atoms with Crippen LogP contribution in [0.4, 0.5) is 0 Å². The van der Waals surface area contributed by atoms with E-state index >= 15 is 0 Å². The maximum atomic E-state index is 12.7. The van der Waals surface area contributed by atoms with Crippen molar-refractivity contribution in [1.29, 1.82) is 0 Å². The van der Waals surface area contributed by atoms with Gasteiger partial charge in [0.1, 0.15) is 17.2 Å². The third-order valence-electron chi connectivity index (χ3n) is 5.29. The van der Waals surface area contributed by atoms with E-state index in [0.29, 0.717) is 25.1 Å². The summed E-state index contributed by atoms with van der Waals surface area (Å²) >= 11 is 0. The van der Waals surface area contributed by atoms with E-state index in [1.807, 2.05) is 30.3 Å². The van der Waals surface area contributed by atoms with Gasteiger partial charge in [-0.2, -0.15) is 0 Å². The number of nitrogens with one attached hydrogen (secondary N) is 1. The molecule has 1 aromatic heterocycles. The number of aliphatic hydroxyl groups excluding tert-OH is 1. The second kappa shape index (κ2) is 7.56. The van der Waals surface area contributed by atoms with Crippen molar-refractivity contribution in [3.63, 3.8) is 0 Å². The molecule has 0 bridgehead atoms. The molecule has 1 aliphatic carbocycles. The first-order chi connectivity index (χ1) is 13.1. The highest BCUT2D eigenvalue weighted by Crippen LogP contribution is 2.31. The number of amides is 1. The Bertz CT molecular complexity index is 835. The van der Waals surface area contributed by atoms with Crippen LogP contribution in [0.15, 0.2) is 30.3 Å². The quantitative estimate of drug-likeness (QED) is 0.846.